The van der Waals surface area contributed by atoms with Gasteiger partial charge in [-0.15, -0.1) is 0 Å². The summed E-state index contributed by atoms with van der Waals surface area (Å²) in [5.74, 6) is 0.335. The van der Waals surface area contributed by atoms with Crippen molar-refractivity contribution in [1.29, 1.82) is 0 Å². The SMILES string of the molecule is Cc1[nH]c2cccc3c2c1-c1nc(N)ncc1C3. The first-order chi connectivity index (χ1) is 8.74. The number of rotatable bonds is 0. The van der Waals surface area contributed by atoms with Gasteiger partial charge < -0.3 is 10.7 Å². The molecule has 0 fully saturated rings. The number of aryl methyl sites for hydroxylation is 1. The van der Waals surface area contributed by atoms with Gasteiger partial charge in [0.15, 0.2) is 0 Å². The number of fused-ring (bicyclic) bond motifs is 2. The molecule has 0 atom stereocenters. The van der Waals surface area contributed by atoms with Crippen LogP contribution in [0.3, 0.4) is 0 Å². The van der Waals surface area contributed by atoms with Crippen LogP contribution >= 0.6 is 0 Å². The maximum atomic E-state index is 5.72. The number of hydrogen-bond acceptors (Lipinski definition) is 3. The van der Waals surface area contributed by atoms with Gasteiger partial charge in [0, 0.05) is 40.3 Å². The molecule has 0 radical (unpaired) electrons. The molecule has 0 saturated heterocycles. The van der Waals surface area contributed by atoms with E-state index in [0.717, 1.165) is 23.4 Å². The van der Waals surface area contributed by atoms with E-state index in [1.807, 2.05) is 6.20 Å². The molecule has 0 bridgehead atoms. The zero-order chi connectivity index (χ0) is 12.3. The fourth-order valence-electron chi connectivity index (χ4n) is 2.87. The van der Waals surface area contributed by atoms with E-state index in [4.69, 9.17) is 5.73 Å². The van der Waals surface area contributed by atoms with Crippen molar-refractivity contribution in [2.24, 2.45) is 0 Å². The maximum absolute atomic E-state index is 5.72. The van der Waals surface area contributed by atoms with Crippen LogP contribution in [-0.2, 0) is 6.42 Å². The minimum atomic E-state index is 0.335. The van der Waals surface area contributed by atoms with Crippen LogP contribution in [0.4, 0.5) is 5.95 Å². The Balaban J connectivity index is 2.20. The fraction of sp³-hybridized carbons (Fsp3) is 0.143. The Morgan fingerprint density at radius 2 is 2.17 bits per heavy atom. The third kappa shape index (κ3) is 1.09. The minimum Gasteiger partial charge on any atom is -0.368 e. The smallest absolute Gasteiger partial charge is 0.220 e. The van der Waals surface area contributed by atoms with E-state index in [9.17, 15) is 0 Å². The molecule has 1 aliphatic rings. The van der Waals surface area contributed by atoms with E-state index in [1.165, 1.54) is 22.0 Å². The molecule has 2 heterocycles. The lowest BCUT2D eigenvalue weighted by molar-refractivity contribution is 1.08. The van der Waals surface area contributed by atoms with Gasteiger partial charge in [-0.25, -0.2) is 9.97 Å². The summed E-state index contributed by atoms with van der Waals surface area (Å²) < 4.78 is 0. The largest absolute Gasteiger partial charge is 0.368 e. The third-order valence-corrected chi connectivity index (χ3v) is 3.60. The monoisotopic (exact) mass is 236 g/mol. The molecule has 0 unspecified atom stereocenters. The molecule has 0 saturated carbocycles. The van der Waals surface area contributed by atoms with Crippen LogP contribution in [0.5, 0.6) is 0 Å². The highest BCUT2D eigenvalue weighted by Crippen LogP contribution is 2.40. The average molecular weight is 236 g/mol. The summed E-state index contributed by atoms with van der Waals surface area (Å²) in [4.78, 5) is 11.9. The molecule has 0 amide bonds. The van der Waals surface area contributed by atoms with Crippen LogP contribution in [0.2, 0.25) is 0 Å². The molecular weight excluding hydrogens is 224 g/mol. The zero-order valence-electron chi connectivity index (χ0n) is 9.99. The number of nitrogens with two attached hydrogens (primary N) is 1. The van der Waals surface area contributed by atoms with Crippen molar-refractivity contribution in [3.63, 3.8) is 0 Å². The van der Waals surface area contributed by atoms with Crippen LogP contribution in [0.1, 0.15) is 16.8 Å². The topological polar surface area (TPSA) is 67.6 Å². The summed E-state index contributed by atoms with van der Waals surface area (Å²) in [6.07, 6.45) is 2.71. The third-order valence-electron chi connectivity index (χ3n) is 3.60. The molecule has 3 N–H and O–H groups in total. The second kappa shape index (κ2) is 3.10. The second-order valence-corrected chi connectivity index (χ2v) is 4.74. The number of hydrogen-bond donors (Lipinski definition) is 2. The first kappa shape index (κ1) is 9.65. The Bertz CT molecular complexity index is 786. The number of nitrogens with zero attached hydrogens (tertiary/aromatic N) is 2. The normalized spacial score (nSPS) is 12.7. The number of anilines is 1. The molecule has 88 valence electrons. The Labute approximate surface area is 104 Å². The van der Waals surface area contributed by atoms with Crippen molar-refractivity contribution in [3.05, 3.63) is 41.2 Å². The highest BCUT2D eigenvalue weighted by atomic mass is 15.0. The lowest BCUT2D eigenvalue weighted by Gasteiger charge is -2.16. The number of H-pyrrole nitrogens is 1. The first-order valence-electron chi connectivity index (χ1n) is 5.96. The molecule has 0 spiro atoms. The van der Waals surface area contributed by atoms with Gasteiger partial charge in [0.05, 0.1) is 5.69 Å². The fourth-order valence-corrected chi connectivity index (χ4v) is 2.87. The molecule has 4 nitrogen and oxygen atoms in total. The van der Waals surface area contributed by atoms with Gasteiger partial charge in [0.2, 0.25) is 5.95 Å². The Morgan fingerprint density at radius 1 is 1.28 bits per heavy atom. The van der Waals surface area contributed by atoms with Gasteiger partial charge in [-0.3, -0.25) is 0 Å². The lowest BCUT2D eigenvalue weighted by atomic mass is 9.90. The number of nitrogen functional groups attached to an aromatic ring is 1. The molecule has 4 rings (SSSR count). The van der Waals surface area contributed by atoms with Crippen molar-refractivity contribution in [2.75, 3.05) is 5.73 Å². The molecular formula is C14H12N4. The standard InChI is InChI=1S/C14H12N4/c1-7-11-12-8(3-2-4-10(12)17-7)5-9-6-16-14(15)18-13(9)11/h2-4,6,17H,5H2,1H3,(H2,15,16,18). The summed E-state index contributed by atoms with van der Waals surface area (Å²) in [5.41, 5.74) is 12.6. The van der Waals surface area contributed by atoms with Gasteiger partial charge in [-0.1, -0.05) is 12.1 Å². The number of aromatic nitrogens is 3. The van der Waals surface area contributed by atoms with E-state index >= 15 is 0 Å². The summed E-state index contributed by atoms with van der Waals surface area (Å²) in [6.45, 7) is 2.08. The van der Waals surface area contributed by atoms with Crippen LogP contribution in [0.25, 0.3) is 22.2 Å². The lowest BCUT2D eigenvalue weighted by Crippen LogP contribution is -2.05. The molecule has 3 aromatic rings. The van der Waals surface area contributed by atoms with Gasteiger partial charge in [0.1, 0.15) is 0 Å². The predicted molar refractivity (Wildman–Crippen MR) is 71.3 cm³/mol. The van der Waals surface area contributed by atoms with Crippen LogP contribution < -0.4 is 5.73 Å². The maximum Gasteiger partial charge on any atom is 0.220 e. The van der Waals surface area contributed by atoms with Crippen LogP contribution in [0, 0.1) is 6.92 Å². The summed E-state index contributed by atoms with van der Waals surface area (Å²) in [7, 11) is 0. The first-order valence-corrected chi connectivity index (χ1v) is 5.96. The molecule has 18 heavy (non-hydrogen) atoms. The molecule has 0 aliphatic heterocycles. The summed E-state index contributed by atoms with van der Waals surface area (Å²) in [6, 6.07) is 6.35. The Hall–Kier alpha value is -2.36. The van der Waals surface area contributed by atoms with Gasteiger partial charge in [-0.2, -0.15) is 0 Å². The average Bonchev–Trinajstić information content (AvgIpc) is 2.69. The van der Waals surface area contributed by atoms with Gasteiger partial charge in [-0.05, 0) is 18.6 Å². The zero-order valence-corrected chi connectivity index (χ0v) is 9.99. The summed E-state index contributed by atoms with van der Waals surface area (Å²) in [5, 5.41) is 1.28. The molecule has 2 aromatic heterocycles. The molecule has 4 heteroatoms. The Morgan fingerprint density at radius 3 is 3.06 bits per heavy atom. The van der Waals surface area contributed by atoms with E-state index in [1.54, 1.807) is 0 Å². The highest BCUT2D eigenvalue weighted by molar-refractivity contribution is 6.01. The van der Waals surface area contributed by atoms with E-state index in [-0.39, 0.29) is 0 Å². The van der Waals surface area contributed by atoms with Crippen molar-refractivity contribution >= 4 is 16.9 Å². The number of aromatic amines is 1. The van der Waals surface area contributed by atoms with Crippen molar-refractivity contribution in [1.82, 2.24) is 15.0 Å². The number of benzene rings is 1. The van der Waals surface area contributed by atoms with E-state index < -0.39 is 0 Å². The van der Waals surface area contributed by atoms with Crippen molar-refractivity contribution < 1.29 is 0 Å². The second-order valence-electron chi connectivity index (χ2n) is 4.74. The molecule has 1 aromatic carbocycles. The molecule has 1 aliphatic carbocycles. The predicted octanol–water partition coefficient (Wildman–Crippen LogP) is 2.42. The van der Waals surface area contributed by atoms with Gasteiger partial charge in [0.25, 0.3) is 0 Å². The van der Waals surface area contributed by atoms with Crippen LogP contribution in [-0.4, -0.2) is 15.0 Å². The summed E-state index contributed by atoms with van der Waals surface area (Å²) >= 11 is 0. The van der Waals surface area contributed by atoms with E-state index in [0.29, 0.717) is 5.95 Å². The minimum absolute atomic E-state index is 0.335. The van der Waals surface area contributed by atoms with E-state index in [2.05, 4.69) is 40.1 Å². The number of nitrogens with one attached hydrogen (secondary N) is 1. The Kier molecular flexibility index (Phi) is 1.66. The highest BCUT2D eigenvalue weighted by Gasteiger charge is 2.23. The quantitative estimate of drug-likeness (QED) is 0.492. The van der Waals surface area contributed by atoms with Crippen molar-refractivity contribution in [2.45, 2.75) is 13.3 Å². The van der Waals surface area contributed by atoms with Gasteiger partial charge >= 0.3 is 0 Å². The van der Waals surface area contributed by atoms with Crippen molar-refractivity contribution in [3.8, 4) is 11.3 Å². The van der Waals surface area contributed by atoms with Crippen LogP contribution in [0.15, 0.2) is 24.4 Å².